The van der Waals surface area contributed by atoms with Crippen molar-refractivity contribution in [2.75, 3.05) is 6.54 Å². The predicted molar refractivity (Wildman–Crippen MR) is 88.8 cm³/mol. The SMILES string of the molecule is Cc1ccccc1CC(C)NC[C@H](O)c1ccccc1Cl. The van der Waals surface area contributed by atoms with Crippen molar-refractivity contribution in [2.24, 2.45) is 0 Å². The Morgan fingerprint density at radius 1 is 1.10 bits per heavy atom. The molecule has 112 valence electrons. The van der Waals surface area contributed by atoms with Crippen LogP contribution in [0.3, 0.4) is 0 Å². The molecule has 0 heterocycles. The van der Waals surface area contributed by atoms with Crippen molar-refractivity contribution in [1.82, 2.24) is 5.32 Å². The third kappa shape index (κ3) is 4.57. The van der Waals surface area contributed by atoms with E-state index in [1.807, 2.05) is 18.2 Å². The molecule has 2 nitrogen and oxygen atoms in total. The van der Waals surface area contributed by atoms with E-state index in [0.717, 1.165) is 12.0 Å². The first-order valence-corrected chi connectivity index (χ1v) is 7.66. The lowest BCUT2D eigenvalue weighted by Gasteiger charge is -2.19. The molecule has 3 heteroatoms. The van der Waals surface area contributed by atoms with E-state index in [0.29, 0.717) is 17.6 Å². The number of rotatable bonds is 6. The number of benzene rings is 2. The molecule has 0 aliphatic carbocycles. The van der Waals surface area contributed by atoms with Gasteiger partial charge in [-0.3, -0.25) is 0 Å². The Bertz CT molecular complexity index is 585. The van der Waals surface area contributed by atoms with Gasteiger partial charge in [-0.2, -0.15) is 0 Å². The lowest BCUT2D eigenvalue weighted by atomic mass is 10.0. The van der Waals surface area contributed by atoms with E-state index in [2.05, 4.69) is 43.4 Å². The maximum absolute atomic E-state index is 10.2. The highest BCUT2D eigenvalue weighted by atomic mass is 35.5. The van der Waals surface area contributed by atoms with Gasteiger partial charge in [0.1, 0.15) is 0 Å². The average Bonchev–Trinajstić information content (AvgIpc) is 2.48. The minimum atomic E-state index is -0.585. The van der Waals surface area contributed by atoms with Crippen LogP contribution >= 0.6 is 11.6 Å². The molecule has 0 amide bonds. The summed E-state index contributed by atoms with van der Waals surface area (Å²) in [6.07, 6.45) is 0.361. The highest BCUT2D eigenvalue weighted by Gasteiger charge is 2.12. The molecule has 0 fully saturated rings. The lowest BCUT2D eigenvalue weighted by Crippen LogP contribution is -2.32. The molecule has 0 bridgehead atoms. The molecule has 0 radical (unpaired) electrons. The summed E-state index contributed by atoms with van der Waals surface area (Å²) < 4.78 is 0. The van der Waals surface area contributed by atoms with Crippen LogP contribution in [-0.4, -0.2) is 17.7 Å². The molecule has 2 atom stereocenters. The number of nitrogens with one attached hydrogen (secondary N) is 1. The van der Waals surface area contributed by atoms with E-state index in [9.17, 15) is 5.11 Å². The average molecular weight is 304 g/mol. The van der Waals surface area contributed by atoms with E-state index in [1.54, 1.807) is 6.07 Å². The number of halogens is 1. The van der Waals surface area contributed by atoms with E-state index >= 15 is 0 Å². The molecule has 2 rings (SSSR count). The molecule has 1 unspecified atom stereocenters. The van der Waals surface area contributed by atoms with Gasteiger partial charge < -0.3 is 10.4 Å². The first-order valence-electron chi connectivity index (χ1n) is 7.28. The fourth-order valence-corrected chi connectivity index (χ4v) is 2.67. The summed E-state index contributed by atoms with van der Waals surface area (Å²) in [6.45, 7) is 4.75. The van der Waals surface area contributed by atoms with Crippen molar-refractivity contribution >= 4 is 11.6 Å². The summed E-state index contributed by atoms with van der Waals surface area (Å²) in [7, 11) is 0. The molecule has 2 aromatic carbocycles. The third-order valence-electron chi connectivity index (χ3n) is 3.71. The zero-order valence-corrected chi connectivity index (χ0v) is 13.3. The largest absolute Gasteiger partial charge is 0.387 e. The lowest BCUT2D eigenvalue weighted by molar-refractivity contribution is 0.170. The summed E-state index contributed by atoms with van der Waals surface area (Å²) in [5.41, 5.74) is 3.41. The van der Waals surface area contributed by atoms with Crippen molar-refractivity contribution in [3.05, 3.63) is 70.2 Å². The molecule has 2 aromatic rings. The zero-order chi connectivity index (χ0) is 15.2. The quantitative estimate of drug-likeness (QED) is 0.848. The number of aryl methyl sites for hydroxylation is 1. The van der Waals surface area contributed by atoms with Gasteiger partial charge in [0.25, 0.3) is 0 Å². The topological polar surface area (TPSA) is 32.3 Å². The van der Waals surface area contributed by atoms with Gasteiger partial charge in [-0.15, -0.1) is 0 Å². The summed E-state index contributed by atoms with van der Waals surface area (Å²) in [5, 5.41) is 14.2. The van der Waals surface area contributed by atoms with Crippen LogP contribution in [-0.2, 0) is 6.42 Å². The Kier molecular flexibility index (Phi) is 5.80. The highest BCUT2D eigenvalue weighted by Crippen LogP contribution is 2.22. The van der Waals surface area contributed by atoms with E-state index < -0.39 is 6.10 Å². The van der Waals surface area contributed by atoms with Gasteiger partial charge in [0.05, 0.1) is 6.10 Å². The van der Waals surface area contributed by atoms with Crippen molar-refractivity contribution in [2.45, 2.75) is 32.4 Å². The molecular formula is C18H22ClNO. The maximum Gasteiger partial charge on any atom is 0.0928 e. The Morgan fingerprint density at radius 3 is 2.48 bits per heavy atom. The van der Waals surface area contributed by atoms with Crippen LogP contribution in [0.15, 0.2) is 48.5 Å². The van der Waals surface area contributed by atoms with Crippen molar-refractivity contribution in [3.63, 3.8) is 0 Å². The van der Waals surface area contributed by atoms with Gasteiger partial charge in [-0.05, 0) is 37.5 Å². The number of hydrogen-bond donors (Lipinski definition) is 2. The molecule has 0 aromatic heterocycles. The summed E-state index contributed by atoms with van der Waals surface area (Å²) in [4.78, 5) is 0. The minimum Gasteiger partial charge on any atom is -0.387 e. The molecule has 0 saturated carbocycles. The Labute approximate surface area is 131 Å². The second-order valence-corrected chi connectivity index (χ2v) is 5.88. The van der Waals surface area contributed by atoms with Crippen LogP contribution in [0.4, 0.5) is 0 Å². The van der Waals surface area contributed by atoms with Crippen molar-refractivity contribution in [3.8, 4) is 0 Å². The van der Waals surface area contributed by atoms with E-state index in [4.69, 9.17) is 11.6 Å². The van der Waals surface area contributed by atoms with Gasteiger partial charge in [0.2, 0.25) is 0 Å². The Balaban J connectivity index is 1.88. The van der Waals surface area contributed by atoms with Gasteiger partial charge in [-0.1, -0.05) is 54.1 Å². The fraction of sp³-hybridized carbons (Fsp3) is 0.333. The van der Waals surface area contributed by atoms with Crippen LogP contribution in [0.2, 0.25) is 5.02 Å². The highest BCUT2D eigenvalue weighted by molar-refractivity contribution is 6.31. The van der Waals surface area contributed by atoms with Crippen molar-refractivity contribution < 1.29 is 5.11 Å². The van der Waals surface area contributed by atoms with E-state index in [1.165, 1.54) is 11.1 Å². The third-order valence-corrected chi connectivity index (χ3v) is 4.06. The summed E-state index contributed by atoms with van der Waals surface area (Å²) >= 11 is 6.10. The first-order chi connectivity index (χ1) is 10.1. The molecule has 21 heavy (non-hydrogen) atoms. The predicted octanol–water partition coefficient (Wildman–Crippen LogP) is 3.90. The van der Waals surface area contributed by atoms with Crippen molar-refractivity contribution in [1.29, 1.82) is 0 Å². The minimum absolute atomic E-state index is 0.295. The number of aliphatic hydroxyl groups is 1. The zero-order valence-electron chi connectivity index (χ0n) is 12.5. The molecule has 0 aliphatic rings. The number of hydrogen-bond acceptors (Lipinski definition) is 2. The van der Waals surface area contributed by atoms with Gasteiger partial charge in [-0.25, -0.2) is 0 Å². The smallest absolute Gasteiger partial charge is 0.0928 e. The second kappa shape index (κ2) is 7.60. The van der Waals surface area contributed by atoms with Crippen LogP contribution in [0, 0.1) is 6.92 Å². The first kappa shape index (κ1) is 16.0. The maximum atomic E-state index is 10.2. The van der Waals surface area contributed by atoms with Crippen LogP contribution in [0.1, 0.15) is 29.7 Å². The van der Waals surface area contributed by atoms with Gasteiger partial charge in [0, 0.05) is 23.2 Å². The van der Waals surface area contributed by atoms with Crippen LogP contribution in [0.5, 0.6) is 0 Å². The molecule has 2 N–H and O–H groups in total. The Hall–Kier alpha value is -1.35. The second-order valence-electron chi connectivity index (χ2n) is 5.48. The molecular weight excluding hydrogens is 282 g/mol. The number of aliphatic hydroxyl groups excluding tert-OH is 1. The van der Waals surface area contributed by atoms with Gasteiger partial charge in [0.15, 0.2) is 0 Å². The summed E-state index contributed by atoms with van der Waals surface area (Å²) in [6, 6.07) is 16.1. The standard InChI is InChI=1S/C18H22ClNO/c1-13-7-3-4-8-15(13)11-14(2)20-12-18(21)16-9-5-6-10-17(16)19/h3-10,14,18,20-21H,11-12H2,1-2H3/t14?,18-/m0/s1. The fourth-order valence-electron chi connectivity index (χ4n) is 2.41. The van der Waals surface area contributed by atoms with Crippen LogP contribution in [0.25, 0.3) is 0 Å². The Morgan fingerprint density at radius 2 is 1.76 bits per heavy atom. The normalized spacial score (nSPS) is 13.9. The molecule has 0 aliphatic heterocycles. The molecule has 0 saturated heterocycles. The van der Waals surface area contributed by atoms with Crippen LogP contribution < -0.4 is 5.32 Å². The molecule has 0 spiro atoms. The van der Waals surface area contributed by atoms with E-state index in [-0.39, 0.29) is 0 Å². The monoisotopic (exact) mass is 303 g/mol. The summed E-state index contributed by atoms with van der Waals surface area (Å²) in [5.74, 6) is 0. The van der Waals surface area contributed by atoms with Gasteiger partial charge >= 0.3 is 0 Å².